The van der Waals surface area contributed by atoms with E-state index in [0.29, 0.717) is 0 Å². The van der Waals surface area contributed by atoms with Gasteiger partial charge in [-0.2, -0.15) is 12.2 Å². The minimum atomic E-state index is 0. The van der Waals surface area contributed by atoms with Crippen molar-refractivity contribution in [3.63, 3.8) is 0 Å². The summed E-state index contributed by atoms with van der Waals surface area (Å²) < 4.78 is 0. The molecule has 0 unspecified atom stereocenters. The van der Waals surface area contributed by atoms with Crippen LogP contribution in [0.1, 0.15) is 51.0 Å². The topological polar surface area (TPSA) is 0 Å². The number of fused-ring (bicyclic) bond motifs is 6. The summed E-state index contributed by atoms with van der Waals surface area (Å²) in [5.41, 5.74) is 1.49. The van der Waals surface area contributed by atoms with E-state index in [9.17, 15) is 0 Å². The summed E-state index contributed by atoms with van der Waals surface area (Å²) in [6.45, 7) is 5.88. The molecule has 0 aliphatic heterocycles. The Kier molecular flexibility index (Phi) is 39.5. The number of benzene rings is 4. The average molecular weight is 955 g/mol. The second kappa shape index (κ2) is 35.6. The summed E-state index contributed by atoms with van der Waals surface area (Å²) in [6.07, 6.45) is 26.6. The third kappa shape index (κ3) is 19.0. The molecule has 8 rings (SSSR count). The van der Waals surface area contributed by atoms with Gasteiger partial charge in [0.15, 0.2) is 0 Å². The summed E-state index contributed by atoms with van der Waals surface area (Å²) in [5.74, 6) is 0. The van der Waals surface area contributed by atoms with Crippen molar-refractivity contribution in [2.75, 3.05) is 0 Å². The first-order valence-corrected chi connectivity index (χ1v) is 18.4. The van der Waals surface area contributed by atoms with Gasteiger partial charge in [0, 0.05) is 20.5 Å². The molecule has 0 spiro atoms. The molecule has 0 amide bonds. The van der Waals surface area contributed by atoms with E-state index in [1.165, 1.54) is 80.8 Å². The SMILES string of the molecule is CCCCCCc1ccc2[cH-]c3ccccc3c2c1.C[Si].C[Si].[C-]1=CC=CC1.[C-]1=CC=CC1.[Cl-].[Cl-].[Cl-].[Cl-].[Zr+4].[Zr+4].c1ccc2c(c1)[cH-]c1ccccc12. The summed E-state index contributed by atoms with van der Waals surface area (Å²) in [4.78, 5) is 0. The van der Waals surface area contributed by atoms with Crippen LogP contribution in [0.2, 0.25) is 13.1 Å². The molecular weight excluding hydrogens is 909 g/mol. The van der Waals surface area contributed by atoms with Crippen LogP contribution in [0.4, 0.5) is 0 Å². The summed E-state index contributed by atoms with van der Waals surface area (Å²) in [6, 6.07) is 37.2. The van der Waals surface area contributed by atoms with Crippen molar-refractivity contribution in [3.8, 4) is 0 Å². The second-order valence-corrected chi connectivity index (χ2v) is 10.8. The molecule has 0 saturated heterocycles. The number of hydrogen-bond donors (Lipinski definition) is 0. The summed E-state index contributed by atoms with van der Waals surface area (Å²) in [5, 5.41) is 10.9. The molecule has 2 aliphatic carbocycles. The molecule has 0 heterocycles. The van der Waals surface area contributed by atoms with Crippen LogP contribution in [0.5, 0.6) is 0 Å². The number of unbranched alkanes of at least 4 members (excludes halogenated alkanes) is 3. The molecule has 6 aromatic carbocycles. The largest absolute Gasteiger partial charge is 4.00 e. The van der Waals surface area contributed by atoms with Crippen molar-refractivity contribution in [1.29, 1.82) is 0 Å². The number of allylic oxidation sites excluding steroid dienone is 8. The van der Waals surface area contributed by atoms with E-state index < -0.39 is 0 Å². The van der Waals surface area contributed by atoms with Crippen LogP contribution in [0, 0.1) is 12.2 Å². The first kappa shape index (κ1) is 57.7. The van der Waals surface area contributed by atoms with Crippen LogP contribution in [-0.2, 0) is 58.8 Å². The summed E-state index contributed by atoms with van der Waals surface area (Å²) >= 11 is 0. The molecule has 0 atom stereocenters. The van der Waals surface area contributed by atoms with Gasteiger partial charge in [0.05, 0.1) is 0 Å². The predicted molar refractivity (Wildman–Crippen MR) is 208 cm³/mol. The monoisotopic (exact) mass is 950 g/mol. The quantitative estimate of drug-likeness (QED) is 0.135. The van der Waals surface area contributed by atoms with Gasteiger partial charge >= 0.3 is 52.4 Å². The number of hydrogen-bond acceptors (Lipinski definition) is 0. The molecule has 8 heteroatoms. The van der Waals surface area contributed by atoms with E-state index in [0.717, 1.165) is 12.8 Å². The number of halogens is 4. The first-order valence-electron chi connectivity index (χ1n) is 16.4. The normalized spacial score (nSPS) is 10.6. The Morgan fingerprint density at radius 1 is 0.519 bits per heavy atom. The molecule has 0 saturated carbocycles. The van der Waals surface area contributed by atoms with Gasteiger partial charge in [0.2, 0.25) is 0 Å². The predicted octanol–water partition coefficient (Wildman–Crippen LogP) is 0.575. The van der Waals surface area contributed by atoms with Crippen LogP contribution in [0.3, 0.4) is 0 Å². The molecule has 2 aliphatic rings. The van der Waals surface area contributed by atoms with E-state index in [-0.39, 0.29) is 102 Å². The van der Waals surface area contributed by atoms with Gasteiger partial charge in [-0.15, -0.1) is 92.3 Å². The maximum atomic E-state index is 2.99. The van der Waals surface area contributed by atoms with Crippen LogP contribution in [0.25, 0.3) is 43.1 Å². The zero-order valence-electron chi connectivity index (χ0n) is 30.2. The molecule has 0 N–H and O–H groups in total. The number of aryl methyl sites for hydroxylation is 1. The fraction of sp³-hybridized carbons (Fsp3) is 0.227. The molecule has 52 heavy (non-hydrogen) atoms. The van der Waals surface area contributed by atoms with Gasteiger partial charge in [0.25, 0.3) is 0 Å². The van der Waals surface area contributed by atoms with Gasteiger partial charge in [-0.25, -0.2) is 24.3 Å². The molecule has 6 radical (unpaired) electrons. The van der Waals surface area contributed by atoms with Crippen molar-refractivity contribution >= 4 is 63.6 Å². The van der Waals surface area contributed by atoms with Gasteiger partial charge in [-0.05, 0) is 12.8 Å². The van der Waals surface area contributed by atoms with E-state index in [2.05, 4.69) is 155 Å². The van der Waals surface area contributed by atoms with E-state index >= 15 is 0 Å². The number of rotatable bonds is 5. The zero-order chi connectivity index (χ0) is 32.8. The van der Waals surface area contributed by atoms with Crippen molar-refractivity contribution in [2.45, 2.75) is 65.0 Å². The minimum absolute atomic E-state index is 0. The average Bonchev–Trinajstić information content (AvgIpc) is 3.97. The van der Waals surface area contributed by atoms with Crippen molar-refractivity contribution < 1.29 is 102 Å². The standard InChI is InChI=1S/C19H21.C13H9.2C5H5.2CH3Si.4ClH.2Zr/c1-2-3-4-5-8-15-11-12-17-14-16-9-6-7-10-18(16)19(17)13-15;1-3-7-12-10(5-1)9-11-6-2-4-8-13(11)12;2*1-2-4-5-3-1;2*1-2;;;;;;/h6-7,9-14H,2-5,8H2,1H3;1-9H;2*1-3H,4H2;2*1H3;4*1H;;/q4*-1;;;;;;;2*+4/p-4. The van der Waals surface area contributed by atoms with Gasteiger partial charge in [0.1, 0.15) is 0 Å². The molecular formula is C44H46Cl4Si2Zr2. The zero-order valence-corrected chi connectivity index (χ0v) is 40.2. The Balaban J connectivity index is -0.000000306. The van der Waals surface area contributed by atoms with E-state index in [4.69, 9.17) is 0 Å². The molecule has 0 aromatic heterocycles. The summed E-state index contributed by atoms with van der Waals surface area (Å²) in [7, 11) is 5.94. The van der Waals surface area contributed by atoms with Crippen LogP contribution >= 0.6 is 0 Å². The van der Waals surface area contributed by atoms with Crippen LogP contribution in [0.15, 0.2) is 140 Å². The van der Waals surface area contributed by atoms with E-state index in [1.54, 1.807) is 13.1 Å². The Morgan fingerprint density at radius 2 is 0.923 bits per heavy atom. The van der Waals surface area contributed by atoms with Crippen molar-refractivity contribution in [3.05, 3.63) is 157 Å². The van der Waals surface area contributed by atoms with Crippen molar-refractivity contribution in [2.24, 2.45) is 0 Å². The Labute approximate surface area is 383 Å². The maximum Gasteiger partial charge on any atom is 4.00 e. The first-order chi connectivity index (χ1) is 22.8. The fourth-order valence-corrected chi connectivity index (χ4v) is 5.49. The Morgan fingerprint density at radius 3 is 1.29 bits per heavy atom. The minimum Gasteiger partial charge on any atom is -1.00 e. The molecule has 266 valence electrons. The third-order valence-corrected chi connectivity index (χ3v) is 7.69. The van der Waals surface area contributed by atoms with Crippen molar-refractivity contribution in [1.82, 2.24) is 0 Å². The van der Waals surface area contributed by atoms with Gasteiger partial charge < -0.3 is 49.6 Å². The molecule has 0 fully saturated rings. The second-order valence-electron chi connectivity index (χ2n) is 10.8. The van der Waals surface area contributed by atoms with Gasteiger partial charge in [-0.3, -0.25) is 12.2 Å². The van der Waals surface area contributed by atoms with Gasteiger partial charge in [-0.1, -0.05) is 112 Å². The fourth-order valence-electron chi connectivity index (χ4n) is 5.49. The Hall–Kier alpha value is -1.06. The smallest absolute Gasteiger partial charge is 1.00 e. The maximum absolute atomic E-state index is 2.99. The molecule has 0 bridgehead atoms. The Bertz CT molecular complexity index is 1760. The molecule has 6 aromatic rings. The molecule has 0 nitrogen and oxygen atoms in total. The van der Waals surface area contributed by atoms with Crippen LogP contribution < -0.4 is 49.6 Å². The van der Waals surface area contributed by atoms with Crippen LogP contribution in [-0.4, -0.2) is 20.5 Å². The third-order valence-electron chi connectivity index (χ3n) is 7.69. The van der Waals surface area contributed by atoms with E-state index in [1.807, 2.05) is 24.3 Å².